The second-order valence-electron chi connectivity index (χ2n) is 6.74. The largest absolute Gasteiger partial charge is 0.478 e. The summed E-state index contributed by atoms with van der Waals surface area (Å²) in [6, 6.07) is 4.22. The van der Waals surface area contributed by atoms with Crippen LogP contribution in [0.25, 0.3) is 0 Å². The average molecular weight is 414 g/mol. The van der Waals surface area contributed by atoms with Crippen LogP contribution >= 0.6 is 11.8 Å². The van der Waals surface area contributed by atoms with Gasteiger partial charge in [-0.1, -0.05) is 44.4 Å². The molecule has 0 atom stereocenters. The number of halogens is 3. The molecule has 154 valence electrons. The Kier molecular flexibility index (Phi) is 8.48. The number of benzene rings is 1. The summed E-state index contributed by atoms with van der Waals surface area (Å²) in [5.74, 6) is -4.64. The van der Waals surface area contributed by atoms with Crippen LogP contribution in [-0.4, -0.2) is 34.8 Å². The lowest BCUT2D eigenvalue weighted by atomic mass is 10.1. The molecule has 1 aromatic rings. The minimum Gasteiger partial charge on any atom is -0.478 e. The van der Waals surface area contributed by atoms with Gasteiger partial charge in [0.05, 0.1) is 10.6 Å². The molecule has 0 aromatic heterocycles. The zero-order valence-electron chi connectivity index (χ0n) is 16.0. The van der Waals surface area contributed by atoms with Gasteiger partial charge in [-0.3, -0.25) is 0 Å². The summed E-state index contributed by atoms with van der Waals surface area (Å²) >= 11 is 1.15. The van der Waals surface area contributed by atoms with E-state index in [1.165, 1.54) is 0 Å². The fourth-order valence-corrected chi connectivity index (χ4v) is 4.20. The lowest BCUT2D eigenvalue weighted by Crippen LogP contribution is -2.28. The van der Waals surface area contributed by atoms with E-state index in [4.69, 9.17) is 0 Å². The molecular formula is C21H26F3NO2S. The van der Waals surface area contributed by atoms with E-state index in [2.05, 4.69) is 6.92 Å². The van der Waals surface area contributed by atoms with Crippen LogP contribution < -0.4 is 0 Å². The van der Waals surface area contributed by atoms with Gasteiger partial charge in [-0.15, -0.1) is 11.8 Å². The number of hydrogen-bond acceptors (Lipinski definition) is 3. The summed E-state index contributed by atoms with van der Waals surface area (Å²) in [6.45, 7) is 3.41. The number of rotatable bonds is 11. The predicted octanol–water partition coefficient (Wildman–Crippen LogP) is 5.79. The summed E-state index contributed by atoms with van der Waals surface area (Å²) in [5, 5.41) is 10.0. The predicted molar refractivity (Wildman–Crippen MR) is 107 cm³/mol. The van der Waals surface area contributed by atoms with Crippen LogP contribution in [0.4, 0.5) is 13.2 Å². The maximum atomic E-state index is 14.4. The van der Waals surface area contributed by atoms with Crippen LogP contribution in [0.5, 0.6) is 0 Å². The first-order valence-corrected chi connectivity index (χ1v) is 10.5. The van der Waals surface area contributed by atoms with E-state index in [1.54, 1.807) is 12.2 Å². The molecule has 1 aliphatic heterocycles. The van der Waals surface area contributed by atoms with Crippen LogP contribution in [0, 0.1) is 5.82 Å². The molecule has 1 N–H and O–H groups in total. The molecule has 0 aliphatic carbocycles. The van der Waals surface area contributed by atoms with E-state index in [1.807, 2.05) is 4.90 Å². The van der Waals surface area contributed by atoms with Crippen molar-refractivity contribution in [1.29, 1.82) is 0 Å². The summed E-state index contributed by atoms with van der Waals surface area (Å²) in [4.78, 5) is 13.5. The first kappa shape index (κ1) is 22.4. The Morgan fingerprint density at radius 1 is 1.21 bits per heavy atom. The number of nitrogens with zero attached hydrogens (tertiary/aromatic N) is 1. The maximum Gasteiger partial charge on any atom is 0.338 e. The molecule has 0 unspecified atom stereocenters. The molecule has 3 nitrogen and oxygen atoms in total. The molecule has 0 amide bonds. The highest BCUT2D eigenvalue weighted by Gasteiger charge is 2.32. The van der Waals surface area contributed by atoms with Gasteiger partial charge in [0.1, 0.15) is 5.82 Å². The number of carboxylic acid groups (broad SMARTS) is 1. The molecule has 1 heterocycles. The van der Waals surface area contributed by atoms with E-state index in [9.17, 15) is 23.1 Å². The van der Waals surface area contributed by atoms with Gasteiger partial charge in [0, 0.05) is 30.8 Å². The molecule has 1 aliphatic rings. The molecule has 7 heteroatoms. The van der Waals surface area contributed by atoms with Crippen molar-refractivity contribution in [3.63, 3.8) is 0 Å². The van der Waals surface area contributed by atoms with Gasteiger partial charge < -0.3 is 10.0 Å². The lowest BCUT2D eigenvalue weighted by Gasteiger charge is -2.30. The Morgan fingerprint density at radius 3 is 2.57 bits per heavy atom. The first-order valence-electron chi connectivity index (χ1n) is 9.51. The van der Waals surface area contributed by atoms with Crippen molar-refractivity contribution in [2.24, 2.45) is 0 Å². The monoisotopic (exact) mass is 413 g/mol. The minimum absolute atomic E-state index is 0.0653. The Bertz CT molecular complexity index is 717. The maximum absolute atomic E-state index is 14.4. The number of unbranched alkanes of at least 4 members (excludes halogenated alkanes) is 3. The van der Waals surface area contributed by atoms with Crippen molar-refractivity contribution >= 4 is 17.7 Å². The smallest absolute Gasteiger partial charge is 0.338 e. The number of alkyl halides is 2. The quantitative estimate of drug-likeness (QED) is 0.466. The standard InChI is InChI=1S/C21H26F3NO2S/c1-2-3-4-5-13-25-14-6-7-18(20(26)27)19(25)28-15-12-21(23,24)16-8-10-17(22)11-9-16/h6-11H,2-5,12-15H2,1H3,(H,26,27). The zero-order valence-corrected chi connectivity index (χ0v) is 16.8. The Morgan fingerprint density at radius 2 is 1.93 bits per heavy atom. The number of aliphatic carboxylic acids is 1. The van der Waals surface area contributed by atoms with E-state index in [0.717, 1.165) is 61.7 Å². The van der Waals surface area contributed by atoms with Gasteiger partial charge in [-0.25, -0.2) is 18.0 Å². The first-order chi connectivity index (χ1) is 13.3. The van der Waals surface area contributed by atoms with Crippen molar-refractivity contribution in [3.05, 3.63) is 58.4 Å². The van der Waals surface area contributed by atoms with E-state index < -0.39 is 24.1 Å². The summed E-state index contributed by atoms with van der Waals surface area (Å²) in [5.41, 5.74) is -0.0845. The molecule has 0 saturated carbocycles. The van der Waals surface area contributed by atoms with Gasteiger partial charge >= 0.3 is 5.97 Å². The van der Waals surface area contributed by atoms with Gasteiger partial charge in [-0.2, -0.15) is 0 Å². The fourth-order valence-electron chi connectivity index (χ4n) is 2.99. The third-order valence-electron chi connectivity index (χ3n) is 4.56. The van der Waals surface area contributed by atoms with Crippen LogP contribution in [0.15, 0.2) is 47.0 Å². The van der Waals surface area contributed by atoms with Crippen molar-refractivity contribution in [1.82, 2.24) is 4.90 Å². The molecular weight excluding hydrogens is 387 g/mol. The zero-order chi connectivity index (χ0) is 20.6. The van der Waals surface area contributed by atoms with Crippen molar-refractivity contribution in [2.75, 3.05) is 18.8 Å². The molecule has 0 bridgehead atoms. The third kappa shape index (κ3) is 6.33. The van der Waals surface area contributed by atoms with Gasteiger partial charge in [0.15, 0.2) is 0 Å². The third-order valence-corrected chi connectivity index (χ3v) is 5.72. The van der Waals surface area contributed by atoms with E-state index in [0.29, 0.717) is 18.1 Å². The number of thioether (sulfide) groups is 1. The number of carboxylic acids is 1. The SMILES string of the molecule is CCCCCCN1CC=CC(C(=O)O)=C1SCCC(F)(F)c1ccc(F)cc1. The topological polar surface area (TPSA) is 40.5 Å². The van der Waals surface area contributed by atoms with Crippen molar-refractivity contribution < 1.29 is 23.1 Å². The summed E-state index contributed by atoms with van der Waals surface area (Å²) in [7, 11) is 0. The van der Waals surface area contributed by atoms with E-state index >= 15 is 0 Å². The van der Waals surface area contributed by atoms with Gasteiger partial charge in [0.25, 0.3) is 5.92 Å². The highest BCUT2D eigenvalue weighted by atomic mass is 32.2. The number of carbonyl (C=O) groups is 1. The Labute approximate surface area is 168 Å². The lowest BCUT2D eigenvalue weighted by molar-refractivity contribution is -0.132. The molecule has 2 rings (SSSR count). The van der Waals surface area contributed by atoms with Gasteiger partial charge in [-0.05, 0) is 24.6 Å². The fraction of sp³-hybridized carbons (Fsp3) is 0.476. The number of hydrogen-bond donors (Lipinski definition) is 1. The van der Waals surface area contributed by atoms with Crippen molar-refractivity contribution in [2.45, 2.75) is 45.0 Å². The normalized spacial score (nSPS) is 14.6. The second kappa shape index (κ2) is 10.6. The minimum atomic E-state index is -3.10. The molecule has 0 saturated heterocycles. The van der Waals surface area contributed by atoms with E-state index in [-0.39, 0.29) is 16.9 Å². The molecule has 1 aromatic carbocycles. The Balaban J connectivity index is 2.02. The molecule has 0 radical (unpaired) electrons. The molecule has 0 spiro atoms. The average Bonchev–Trinajstić information content (AvgIpc) is 2.66. The van der Waals surface area contributed by atoms with Crippen LogP contribution in [-0.2, 0) is 10.7 Å². The molecule has 28 heavy (non-hydrogen) atoms. The van der Waals surface area contributed by atoms with Crippen LogP contribution in [0.1, 0.15) is 44.6 Å². The highest BCUT2D eigenvalue weighted by molar-refractivity contribution is 8.03. The highest BCUT2D eigenvalue weighted by Crippen LogP contribution is 2.36. The summed E-state index contributed by atoms with van der Waals surface area (Å²) < 4.78 is 41.7. The Hall–Kier alpha value is -1.89. The van der Waals surface area contributed by atoms with Crippen LogP contribution in [0.2, 0.25) is 0 Å². The van der Waals surface area contributed by atoms with Crippen LogP contribution in [0.3, 0.4) is 0 Å². The van der Waals surface area contributed by atoms with Crippen molar-refractivity contribution in [3.8, 4) is 0 Å². The molecule has 0 fully saturated rings. The second-order valence-corrected chi connectivity index (χ2v) is 7.83. The summed E-state index contributed by atoms with van der Waals surface area (Å²) in [6.07, 6.45) is 7.10. The van der Waals surface area contributed by atoms with Gasteiger partial charge in [0.2, 0.25) is 0 Å².